The second kappa shape index (κ2) is 9.37. The summed E-state index contributed by atoms with van der Waals surface area (Å²) in [6.45, 7) is 6.58. The molecule has 2 N–H and O–H groups in total. The van der Waals surface area contributed by atoms with Crippen LogP contribution in [-0.2, 0) is 37.0 Å². The van der Waals surface area contributed by atoms with Crippen LogP contribution in [0.1, 0.15) is 66.8 Å². The minimum Gasteiger partial charge on any atom is -0.508 e. The molecule has 3 aromatic rings. The summed E-state index contributed by atoms with van der Waals surface area (Å²) in [5.74, 6) is 0.690. The number of amides is 1. The molecule has 2 aromatic carbocycles. The number of rotatable bonds is 7. The number of aromatic nitrogens is 2. The maximum Gasteiger partial charge on any atom is 0.246 e. The zero-order valence-corrected chi connectivity index (χ0v) is 19.7. The largest absolute Gasteiger partial charge is 0.508 e. The SMILES string of the molecule is CCc1nn(CC(=O)Nc2ccc(Cl)cc2)c(CC)c1Cc1cc(O)cc2c1CCC2C. The molecule has 1 heterocycles. The van der Waals surface area contributed by atoms with Crippen molar-refractivity contribution in [3.05, 3.63) is 75.1 Å². The third-order valence-corrected chi connectivity index (χ3v) is 6.68. The molecule has 32 heavy (non-hydrogen) atoms. The number of aromatic hydroxyl groups is 1. The van der Waals surface area contributed by atoms with Crippen LogP contribution in [0.25, 0.3) is 0 Å². The number of halogens is 1. The molecule has 0 saturated carbocycles. The van der Waals surface area contributed by atoms with Crippen LogP contribution in [0.2, 0.25) is 5.02 Å². The smallest absolute Gasteiger partial charge is 0.246 e. The van der Waals surface area contributed by atoms with Crippen molar-refractivity contribution in [1.29, 1.82) is 0 Å². The summed E-state index contributed by atoms with van der Waals surface area (Å²) in [4.78, 5) is 12.7. The Morgan fingerprint density at radius 1 is 1.22 bits per heavy atom. The molecular formula is C26H30ClN3O2. The highest BCUT2D eigenvalue weighted by Gasteiger charge is 2.25. The molecule has 4 rings (SSSR count). The van der Waals surface area contributed by atoms with E-state index in [1.165, 1.54) is 22.3 Å². The van der Waals surface area contributed by atoms with E-state index in [9.17, 15) is 9.90 Å². The van der Waals surface area contributed by atoms with Crippen molar-refractivity contribution in [1.82, 2.24) is 9.78 Å². The first-order valence-electron chi connectivity index (χ1n) is 11.4. The van der Waals surface area contributed by atoms with E-state index in [1.807, 2.05) is 16.8 Å². The molecule has 1 atom stereocenters. The predicted molar refractivity (Wildman–Crippen MR) is 129 cm³/mol. The van der Waals surface area contributed by atoms with Gasteiger partial charge >= 0.3 is 0 Å². The Labute approximate surface area is 194 Å². The maximum absolute atomic E-state index is 12.7. The van der Waals surface area contributed by atoms with Gasteiger partial charge in [0.05, 0.1) is 5.69 Å². The first kappa shape index (κ1) is 22.4. The number of anilines is 1. The molecule has 168 valence electrons. The number of fused-ring (bicyclic) bond motifs is 1. The number of carbonyl (C=O) groups excluding carboxylic acids is 1. The Hall–Kier alpha value is -2.79. The van der Waals surface area contributed by atoms with Crippen molar-refractivity contribution >= 4 is 23.2 Å². The molecule has 1 amide bonds. The normalized spacial score (nSPS) is 15.1. The van der Waals surface area contributed by atoms with Crippen LogP contribution in [-0.4, -0.2) is 20.8 Å². The summed E-state index contributed by atoms with van der Waals surface area (Å²) in [6, 6.07) is 10.9. The highest BCUT2D eigenvalue weighted by atomic mass is 35.5. The summed E-state index contributed by atoms with van der Waals surface area (Å²) < 4.78 is 1.84. The van der Waals surface area contributed by atoms with E-state index in [4.69, 9.17) is 16.7 Å². The van der Waals surface area contributed by atoms with Gasteiger partial charge in [-0.3, -0.25) is 9.48 Å². The molecule has 6 heteroatoms. The fourth-order valence-corrected chi connectivity index (χ4v) is 4.95. The van der Waals surface area contributed by atoms with Crippen molar-refractivity contribution in [2.45, 2.75) is 65.3 Å². The van der Waals surface area contributed by atoms with Gasteiger partial charge in [-0.15, -0.1) is 0 Å². The molecule has 0 aliphatic heterocycles. The maximum atomic E-state index is 12.7. The quantitative estimate of drug-likeness (QED) is 0.488. The van der Waals surface area contributed by atoms with Gasteiger partial charge in [-0.1, -0.05) is 32.4 Å². The molecule has 0 bridgehead atoms. The summed E-state index contributed by atoms with van der Waals surface area (Å²) >= 11 is 5.93. The zero-order chi connectivity index (χ0) is 22.8. The van der Waals surface area contributed by atoms with Gasteiger partial charge in [-0.05, 0) is 84.7 Å². The Morgan fingerprint density at radius 3 is 2.66 bits per heavy atom. The number of phenolic OH excluding ortho intramolecular Hbond substituents is 1. The van der Waals surface area contributed by atoms with Gasteiger partial charge in [-0.25, -0.2) is 0 Å². The number of benzene rings is 2. The molecule has 1 unspecified atom stereocenters. The molecule has 0 radical (unpaired) electrons. The fraction of sp³-hybridized carbons (Fsp3) is 0.385. The third-order valence-electron chi connectivity index (χ3n) is 6.43. The van der Waals surface area contributed by atoms with Crippen LogP contribution in [0, 0.1) is 0 Å². The second-order valence-corrected chi connectivity index (χ2v) is 9.02. The molecule has 0 spiro atoms. The van der Waals surface area contributed by atoms with Crippen LogP contribution >= 0.6 is 11.6 Å². The highest BCUT2D eigenvalue weighted by Crippen LogP contribution is 2.38. The summed E-state index contributed by atoms with van der Waals surface area (Å²) in [5, 5.41) is 18.7. The molecule has 1 aliphatic rings. The van der Waals surface area contributed by atoms with Crippen LogP contribution in [0.4, 0.5) is 5.69 Å². The summed E-state index contributed by atoms with van der Waals surface area (Å²) in [6.07, 6.45) is 4.48. The van der Waals surface area contributed by atoms with E-state index in [1.54, 1.807) is 24.3 Å². The number of nitrogens with zero attached hydrogens (tertiary/aromatic N) is 2. The minimum atomic E-state index is -0.120. The van der Waals surface area contributed by atoms with Crippen molar-refractivity contribution in [3.63, 3.8) is 0 Å². The molecule has 0 saturated heterocycles. The van der Waals surface area contributed by atoms with Crippen LogP contribution < -0.4 is 5.32 Å². The van der Waals surface area contributed by atoms with Gasteiger partial charge in [0.25, 0.3) is 0 Å². The van der Waals surface area contributed by atoms with Gasteiger partial charge in [-0.2, -0.15) is 5.10 Å². The van der Waals surface area contributed by atoms with Crippen molar-refractivity contribution in [2.24, 2.45) is 0 Å². The average Bonchev–Trinajstić information content (AvgIpc) is 3.29. The van der Waals surface area contributed by atoms with E-state index >= 15 is 0 Å². The molecular weight excluding hydrogens is 422 g/mol. The number of phenols is 1. The number of hydrogen-bond acceptors (Lipinski definition) is 3. The fourth-order valence-electron chi connectivity index (χ4n) is 4.82. The van der Waals surface area contributed by atoms with Gasteiger partial charge < -0.3 is 10.4 Å². The summed E-state index contributed by atoms with van der Waals surface area (Å²) in [7, 11) is 0. The standard InChI is InChI=1S/C26H30ClN3O2/c1-4-24-23(13-17-12-20(31)14-22-16(3)6-11-21(17)22)25(5-2)30(29-24)15-26(32)28-19-9-7-18(27)8-10-19/h7-10,12,14,16,31H,4-6,11,13,15H2,1-3H3,(H,28,32). The molecule has 5 nitrogen and oxygen atoms in total. The van der Waals surface area contributed by atoms with Crippen LogP contribution in [0.3, 0.4) is 0 Å². The van der Waals surface area contributed by atoms with E-state index in [-0.39, 0.29) is 12.5 Å². The Balaban J connectivity index is 1.61. The van der Waals surface area contributed by atoms with E-state index in [0.29, 0.717) is 22.4 Å². The lowest BCUT2D eigenvalue weighted by Crippen LogP contribution is -2.21. The Morgan fingerprint density at radius 2 is 1.97 bits per heavy atom. The van der Waals surface area contributed by atoms with Crippen molar-refractivity contribution < 1.29 is 9.90 Å². The highest BCUT2D eigenvalue weighted by molar-refractivity contribution is 6.30. The van der Waals surface area contributed by atoms with Gasteiger partial charge in [0.1, 0.15) is 12.3 Å². The predicted octanol–water partition coefficient (Wildman–Crippen LogP) is 5.65. The molecule has 1 aliphatic carbocycles. The van der Waals surface area contributed by atoms with Gasteiger partial charge in [0, 0.05) is 28.4 Å². The lowest BCUT2D eigenvalue weighted by molar-refractivity contribution is -0.116. The first-order chi connectivity index (χ1) is 15.4. The Bertz CT molecular complexity index is 1130. The van der Waals surface area contributed by atoms with Crippen molar-refractivity contribution in [2.75, 3.05) is 5.32 Å². The minimum absolute atomic E-state index is 0.120. The molecule has 1 aromatic heterocycles. The number of hydrogen-bond donors (Lipinski definition) is 2. The monoisotopic (exact) mass is 451 g/mol. The van der Waals surface area contributed by atoms with Gasteiger partial charge in [0.15, 0.2) is 0 Å². The number of aryl methyl sites for hydroxylation is 1. The second-order valence-electron chi connectivity index (χ2n) is 8.58. The van der Waals surface area contributed by atoms with Crippen LogP contribution in [0.15, 0.2) is 36.4 Å². The number of nitrogens with one attached hydrogen (secondary N) is 1. The number of carbonyl (C=O) groups is 1. The Kier molecular flexibility index (Phi) is 6.56. The lowest BCUT2D eigenvalue weighted by atomic mass is 9.93. The summed E-state index contributed by atoms with van der Waals surface area (Å²) in [5.41, 5.74) is 7.81. The topological polar surface area (TPSA) is 67.2 Å². The van der Waals surface area contributed by atoms with E-state index in [2.05, 4.69) is 26.1 Å². The lowest BCUT2D eigenvalue weighted by Gasteiger charge is -2.13. The van der Waals surface area contributed by atoms with Gasteiger partial charge in [0.2, 0.25) is 5.91 Å². The van der Waals surface area contributed by atoms with Crippen molar-refractivity contribution in [3.8, 4) is 5.75 Å². The van der Waals surface area contributed by atoms with E-state index in [0.717, 1.165) is 43.5 Å². The zero-order valence-electron chi connectivity index (χ0n) is 18.9. The first-order valence-corrected chi connectivity index (χ1v) is 11.7. The van der Waals surface area contributed by atoms with Crippen LogP contribution in [0.5, 0.6) is 5.75 Å². The average molecular weight is 452 g/mol. The van der Waals surface area contributed by atoms with E-state index < -0.39 is 0 Å². The third kappa shape index (κ3) is 4.53. The molecule has 0 fully saturated rings.